The number of morpholine rings is 1. The minimum atomic E-state index is -0.333. The number of rotatable bonds is 8. The lowest BCUT2D eigenvalue weighted by Crippen LogP contribution is -2.38. The topological polar surface area (TPSA) is 62.2 Å². The molecule has 4 rings (SSSR count). The van der Waals surface area contributed by atoms with E-state index in [4.69, 9.17) is 9.47 Å². The molecule has 3 aliphatic carbocycles. The molecule has 0 aromatic heterocycles. The van der Waals surface area contributed by atoms with E-state index in [9.17, 15) is 10.2 Å². The minimum Gasteiger partial charge on any atom is -0.392 e. The van der Waals surface area contributed by atoms with Crippen LogP contribution < -0.4 is 0 Å². The van der Waals surface area contributed by atoms with Crippen LogP contribution in [0.25, 0.3) is 0 Å². The number of hydrogen-bond acceptors (Lipinski definition) is 5. The van der Waals surface area contributed by atoms with Crippen LogP contribution >= 0.6 is 0 Å². The van der Waals surface area contributed by atoms with E-state index in [2.05, 4.69) is 17.1 Å². The van der Waals surface area contributed by atoms with Gasteiger partial charge in [0.2, 0.25) is 0 Å². The van der Waals surface area contributed by atoms with Crippen molar-refractivity contribution >= 4 is 0 Å². The Morgan fingerprint density at radius 3 is 2.76 bits per heavy atom. The largest absolute Gasteiger partial charge is 0.392 e. The Bertz CT molecular complexity index is 565. The molecule has 4 aliphatic rings. The molecule has 0 aromatic rings. The van der Waals surface area contributed by atoms with Crippen LogP contribution in [0.3, 0.4) is 0 Å². The standard InChI is InChI=1S/C24H39NO4/c26-23(19-3-1-2-4-19)6-5-21-22-16-18(15-20(22)17-24(21)27)7-11-28-12-8-25-9-13-29-14-10-25/h5-7,19-24,26-27H,1-4,8-17H2/t20?,21?,22-,23+,24?/m0/s1. The van der Waals surface area contributed by atoms with Gasteiger partial charge in [-0.25, -0.2) is 0 Å². The zero-order valence-electron chi connectivity index (χ0n) is 17.8. The van der Waals surface area contributed by atoms with Gasteiger partial charge in [0.1, 0.15) is 0 Å². The second kappa shape index (κ2) is 10.5. The zero-order chi connectivity index (χ0) is 20.1. The van der Waals surface area contributed by atoms with Crippen molar-refractivity contribution in [2.24, 2.45) is 23.7 Å². The third-order valence-corrected chi connectivity index (χ3v) is 7.67. The number of hydrogen-bond donors (Lipinski definition) is 2. The molecule has 1 aliphatic heterocycles. The quantitative estimate of drug-likeness (QED) is 0.480. The minimum absolute atomic E-state index is 0.198. The molecule has 3 saturated carbocycles. The Morgan fingerprint density at radius 1 is 1.17 bits per heavy atom. The number of fused-ring (bicyclic) bond motifs is 1. The second-order valence-corrected chi connectivity index (χ2v) is 9.52. The van der Waals surface area contributed by atoms with Gasteiger partial charge in [0, 0.05) is 25.6 Å². The first-order valence-electron chi connectivity index (χ1n) is 11.8. The highest BCUT2D eigenvalue weighted by molar-refractivity contribution is 5.18. The Balaban J connectivity index is 1.20. The van der Waals surface area contributed by atoms with Crippen LogP contribution in [0.1, 0.15) is 44.9 Å². The molecule has 29 heavy (non-hydrogen) atoms. The van der Waals surface area contributed by atoms with Gasteiger partial charge in [-0.05, 0) is 49.9 Å². The predicted molar refractivity (Wildman–Crippen MR) is 114 cm³/mol. The maximum absolute atomic E-state index is 10.5. The third kappa shape index (κ3) is 5.71. The molecular weight excluding hydrogens is 366 g/mol. The molecule has 1 saturated heterocycles. The lowest BCUT2D eigenvalue weighted by atomic mass is 9.89. The molecule has 2 N–H and O–H groups in total. The van der Waals surface area contributed by atoms with E-state index >= 15 is 0 Å². The monoisotopic (exact) mass is 405 g/mol. The molecule has 0 radical (unpaired) electrons. The normalized spacial score (nSPS) is 36.4. The van der Waals surface area contributed by atoms with Crippen LogP contribution in [0.2, 0.25) is 0 Å². The number of aliphatic hydroxyl groups excluding tert-OH is 2. The smallest absolute Gasteiger partial charge is 0.0749 e. The van der Waals surface area contributed by atoms with E-state index in [-0.39, 0.29) is 18.1 Å². The van der Waals surface area contributed by atoms with Gasteiger partial charge in [0.25, 0.3) is 0 Å². The molecule has 3 unspecified atom stereocenters. The van der Waals surface area contributed by atoms with Crippen LogP contribution in [0, 0.1) is 23.7 Å². The summed E-state index contributed by atoms with van der Waals surface area (Å²) in [7, 11) is 0. The van der Waals surface area contributed by atoms with Crippen molar-refractivity contribution in [1.82, 2.24) is 4.90 Å². The van der Waals surface area contributed by atoms with Crippen molar-refractivity contribution in [1.29, 1.82) is 0 Å². The van der Waals surface area contributed by atoms with Gasteiger partial charge >= 0.3 is 0 Å². The number of aliphatic hydroxyl groups is 2. The first kappa shape index (κ1) is 21.5. The molecule has 0 spiro atoms. The zero-order valence-corrected chi connectivity index (χ0v) is 17.8. The van der Waals surface area contributed by atoms with Gasteiger partial charge in [-0.1, -0.05) is 36.6 Å². The van der Waals surface area contributed by atoms with Gasteiger partial charge < -0.3 is 19.7 Å². The maximum atomic E-state index is 10.5. The molecule has 0 bridgehead atoms. The Kier molecular flexibility index (Phi) is 7.82. The number of ether oxygens (including phenoxy) is 2. The van der Waals surface area contributed by atoms with E-state index in [0.29, 0.717) is 24.4 Å². The number of allylic oxidation sites excluding steroid dienone is 1. The molecule has 5 atom stereocenters. The van der Waals surface area contributed by atoms with Gasteiger partial charge in [0.05, 0.1) is 38.6 Å². The first-order chi connectivity index (χ1) is 14.2. The van der Waals surface area contributed by atoms with E-state index < -0.39 is 0 Å². The summed E-state index contributed by atoms with van der Waals surface area (Å²) in [6, 6.07) is 0. The Labute approximate surface area is 175 Å². The Hall–Kier alpha value is -0.720. The highest BCUT2D eigenvalue weighted by Gasteiger charge is 2.45. The van der Waals surface area contributed by atoms with Crippen molar-refractivity contribution in [3.8, 4) is 0 Å². The summed E-state index contributed by atoms with van der Waals surface area (Å²) in [6.45, 7) is 6.17. The van der Waals surface area contributed by atoms with Crippen LogP contribution in [0.5, 0.6) is 0 Å². The van der Waals surface area contributed by atoms with Crippen molar-refractivity contribution in [3.63, 3.8) is 0 Å². The molecule has 5 nitrogen and oxygen atoms in total. The van der Waals surface area contributed by atoms with Crippen LogP contribution in [0.4, 0.5) is 0 Å². The van der Waals surface area contributed by atoms with Crippen molar-refractivity contribution < 1.29 is 19.7 Å². The molecule has 5 heteroatoms. The fourth-order valence-corrected chi connectivity index (χ4v) is 5.92. The van der Waals surface area contributed by atoms with E-state index in [0.717, 1.165) is 71.6 Å². The fraction of sp³-hybridized carbons (Fsp3) is 0.833. The number of nitrogens with zero attached hydrogens (tertiary/aromatic N) is 1. The summed E-state index contributed by atoms with van der Waals surface area (Å²) < 4.78 is 11.2. The van der Waals surface area contributed by atoms with E-state index in [1.165, 1.54) is 18.4 Å². The summed E-state index contributed by atoms with van der Waals surface area (Å²) in [5, 5.41) is 21.0. The van der Waals surface area contributed by atoms with Crippen LogP contribution in [0.15, 0.2) is 23.8 Å². The molecular formula is C24H39NO4. The highest BCUT2D eigenvalue weighted by atomic mass is 16.5. The summed E-state index contributed by atoms with van der Waals surface area (Å²) in [6.07, 6.45) is 13.7. The second-order valence-electron chi connectivity index (χ2n) is 9.52. The van der Waals surface area contributed by atoms with Gasteiger partial charge in [0.15, 0.2) is 0 Å². The molecule has 4 fully saturated rings. The molecule has 164 valence electrons. The van der Waals surface area contributed by atoms with E-state index in [1.54, 1.807) is 0 Å². The average Bonchev–Trinajstić information content (AvgIpc) is 3.44. The van der Waals surface area contributed by atoms with Crippen LogP contribution in [-0.4, -0.2) is 73.4 Å². The molecule has 1 heterocycles. The van der Waals surface area contributed by atoms with Gasteiger partial charge in [-0.2, -0.15) is 0 Å². The lowest BCUT2D eigenvalue weighted by molar-refractivity contribution is 0.0233. The lowest BCUT2D eigenvalue weighted by Gasteiger charge is -2.26. The fourth-order valence-electron chi connectivity index (χ4n) is 5.92. The van der Waals surface area contributed by atoms with Crippen molar-refractivity contribution in [3.05, 3.63) is 23.8 Å². The van der Waals surface area contributed by atoms with Gasteiger partial charge in [-0.3, -0.25) is 4.90 Å². The van der Waals surface area contributed by atoms with Crippen molar-refractivity contribution in [2.75, 3.05) is 46.1 Å². The highest BCUT2D eigenvalue weighted by Crippen LogP contribution is 2.50. The van der Waals surface area contributed by atoms with Crippen LogP contribution in [-0.2, 0) is 9.47 Å². The maximum Gasteiger partial charge on any atom is 0.0749 e. The average molecular weight is 406 g/mol. The Morgan fingerprint density at radius 2 is 1.97 bits per heavy atom. The van der Waals surface area contributed by atoms with Gasteiger partial charge in [-0.15, -0.1) is 0 Å². The third-order valence-electron chi connectivity index (χ3n) is 7.67. The SMILES string of the molecule is OC1CC2CC(=CCOCCN3CCOCC3)C[C@@H]2C1C=C[C@@H](O)C1CCCC1. The first-order valence-corrected chi connectivity index (χ1v) is 11.8. The summed E-state index contributed by atoms with van der Waals surface area (Å²) >= 11 is 0. The summed E-state index contributed by atoms with van der Waals surface area (Å²) in [4.78, 5) is 2.40. The molecule has 0 amide bonds. The van der Waals surface area contributed by atoms with Crippen molar-refractivity contribution in [2.45, 2.75) is 57.2 Å². The van der Waals surface area contributed by atoms with E-state index in [1.807, 2.05) is 6.08 Å². The molecule has 0 aromatic carbocycles. The predicted octanol–water partition coefficient (Wildman–Crippen LogP) is 2.78. The summed E-state index contributed by atoms with van der Waals surface area (Å²) in [5.74, 6) is 1.73. The summed E-state index contributed by atoms with van der Waals surface area (Å²) in [5.41, 5.74) is 1.49.